The lowest BCUT2D eigenvalue weighted by Crippen LogP contribution is -2.63. The molecule has 0 spiro atoms. The number of rotatable bonds is 6. The van der Waals surface area contributed by atoms with Crippen molar-refractivity contribution in [3.8, 4) is 0 Å². The average molecular weight is 478 g/mol. The van der Waals surface area contributed by atoms with Gasteiger partial charge in [-0.2, -0.15) is 0 Å². The van der Waals surface area contributed by atoms with E-state index in [2.05, 4.69) is 4.98 Å². The summed E-state index contributed by atoms with van der Waals surface area (Å²) >= 11 is 1.34. The van der Waals surface area contributed by atoms with Gasteiger partial charge in [0, 0.05) is 17.7 Å². The van der Waals surface area contributed by atoms with Crippen molar-refractivity contribution in [2.24, 2.45) is 17.3 Å². The molecule has 0 aromatic carbocycles. The number of imidazole rings is 1. The minimum atomic E-state index is -0.866. The van der Waals surface area contributed by atoms with Crippen molar-refractivity contribution in [3.63, 3.8) is 0 Å². The minimum Gasteiger partial charge on any atom is -0.427 e. The van der Waals surface area contributed by atoms with Crippen LogP contribution in [0.15, 0.2) is 18.2 Å². The lowest BCUT2D eigenvalue weighted by atomic mass is 9.77. The molecule has 4 heterocycles. The Morgan fingerprint density at radius 2 is 2.00 bits per heavy atom. The molecule has 2 aromatic rings. The Hall–Kier alpha value is -2.76. The van der Waals surface area contributed by atoms with Crippen LogP contribution in [0.2, 0.25) is 0 Å². The number of carbonyl (C=O) groups excluding carboxylic acids is 3. The van der Waals surface area contributed by atoms with Crippen molar-refractivity contribution >= 4 is 39.6 Å². The fraction of sp³-hybridized carbons (Fsp3) is 0.545. The summed E-state index contributed by atoms with van der Waals surface area (Å²) in [6.45, 7) is 7.71. The van der Waals surface area contributed by atoms with E-state index in [1.165, 1.54) is 16.2 Å². The zero-order chi connectivity index (χ0) is 24.2. The second kappa shape index (κ2) is 8.23. The molecule has 0 unspecified atom stereocenters. The molecule has 2 N–H and O–H groups in total. The Balaban J connectivity index is 1.69. The lowest BCUT2D eigenvalue weighted by molar-refractivity contribution is -0.175. The molecule has 0 radical (unpaired) electrons. The molecule has 11 heteroatoms. The third kappa shape index (κ3) is 3.73. The fourth-order valence-corrected chi connectivity index (χ4v) is 5.59. The summed E-state index contributed by atoms with van der Waals surface area (Å²) in [5.41, 5.74) is 0.460. The number of aromatic nitrogens is 2. The number of aliphatic hydroxyl groups excluding tert-OH is 2. The molecule has 2 aromatic heterocycles. The van der Waals surface area contributed by atoms with E-state index in [-0.39, 0.29) is 30.2 Å². The predicted octanol–water partition coefficient (Wildman–Crippen LogP) is 1.55. The maximum atomic E-state index is 13.1. The van der Waals surface area contributed by atoms with E-state index in [1.807, 2.05) is 6.92 Å². The first-order valence-electron chi connectivity index (χ1n) is 10.6. The topological polar surface area (TPSA) is 131 Å². The summed E-state index contributed by atoms with van der Waals surface area (Å²) in [5.74, 6) is -2.53. The number of amides is 1. The third-order valence-corrected chi connectivity index (χ3v) is 7.24. The molecule has 0 saturated carbocycles. The summed E-state index contributed by atoms with van der Waals surface area (Å²) in [6.07, 6.45) is 2.50. The van der Waals surface area contributed by atoms with E-state index >= 15 is 0 Å². The molecule has 178 valence electrons. The Kier molecular flexibility index (Phi) is 5.83. The predicted molar refractivity (Wildman–Crippen MR) is 117 cm³/mol. The van der Waals surface area contributed by atoms with Gasteiger partial charge in [0.25, 0.3) is 0 Å². The van der Waals surface area contributed by atoms with Crippen molar-refractivity contribution in [2.45, 2.75) is 53.4 Å². The van der Waals surface area contributed by atoms with Crippen LogP contribution >= 0.6 is 11.3 Å². The number of aliphatic hydroxyl groups is 2. The molecule has 4 atom stereocenters. The highest BCUT2D eigenvalue weighted by Crippen LogP contribution is 2.51. The van der Waals surface area contributed by atoms with Crippen LogP contribution in [0.1, 0.15) is 45.2 Å². The summed E-state index contributed by atoms with van der Waals surface area (Å²) in [7, 11) is 0. The first kappa shape index (κ1) is 23.4. The van der Waals surface area contributed by atoms with Crippen LogP contribution in [0.3, 0.4) is 0 Å². The second-order valence-electron chi connectivity index (χ2n) is 9.40. The van der Waals surface area contributed by atoms with Gasteiger partial charge in [-0.15, -0.1) is 11.3 Å². The average Bonchev–Trinajstić information content (AvgIpc) is 3.36. The summed E-state index contributed by atoms with van der Waals surface area (Å²) in [5, 5.41) is 19.7. The van der Waals surface area contributed by atoms with Gasteiger partial charge in [-0.1, -0.05) is 6.92 Å². The van der Waals surface area contributed by atoms with Crippen molar-refractivity contribution in [3.05, 3.63) is 28.8 Å². The number of thiazole rings is 1. The second-order valence-corrected chi connectivity index (χ2v) is 10.4. The number of hydrogen-bond acceptors (Lipinski definition) is 9. The van der Waals surface area contributed by atoms with Gasteiger partial charge in [-0.05, 0) is 27.7 Å². The highest BCUT2D eigenvalue weighted by molar-refractivity contribution is 7.18. The van der Waals surface area contributed by atoms with Gasteiger partial charge in [-0.3, -0.25) is 14.0 Å². The van der Waals surface area contributed by atoms with Gasteiger partial charge in [0.15, 0.2) is 0 Å². The van der Waals surface area contributed by atoms with Crippen LogP contribution in [0.4, 0.5) is 0 Å². The van der Waals surface area contributed by atoms with Crippen molar-refractivity contribution in [1.82, 2.24) is 14.3 Å². The first-order chi connectivity index (χ1) is 15.5. The molecule has 2 aliphatic heterocycles. The van der Waals surface area contributed by atoms with Gasteiger partial charge >= 0.3 is 11.9 Å². The van der Waals surface area contributed by atoms with Gasteiger partial charge in [0.05, 0.1) is 35.0 Å². The van der Waals surface area contributed by atoms with E-state index in [0.717, 1.165) is 9.71 Å². The molecule has 1 amide bonds. The number of hydrogen-bond donors (Lipinski definition) is 2. The molecule has 1 fully saturated rings. The summed E-state index contributed by atoms with van der Waals surface area (Å²) in [4.78, 5) is 44.9. The molecule has 2 aliphatic rings. The van der Waals surface area contributed by atoms with E-state index in [0.29, 0.717) is 11.3 Å². The summed E-state index contributed by atoms with van der Waals surface area (Å²) < 4.78 is 12.0. The van der Waals surface area contributed by atoms with E-state index < -0.39 is 36.2 Å². The largest absolute Gasteiger partial charge is 0.427 e. The lowest BCUT2D eigenvalue weighted by Gasteiger charge is -2.46. The highest BCUT2D eigenvalue weighted by atomic mass is 32.1. The first-order valence-corrected chi connectivity index (χ1v) is 11.4. The van der Waals surface area contributed by atoms with Gasteiger partial charge in [-0.25, -0.2) is 9.78 Å². The normalized spacial score (nSPS) is 23.5. The van der Waals surface area contributed by atoms with Crippen LogP contribution in [0.25, 0.3) is 10.4 Å². The fourth-order valence-electron chi connectivity index (χ4n) is 4.39. The molecule has 0 bridgehead atoms. The highest BCUT2D eigenvalue weighted by Gasteiger charge is 2.60. The Morgan fingerprint density at radius 1 is 1.30 bits per heavy atom. The summed E-state index contributed by atoms with van der Waals surface area (Å²) in [6, 6.07) is -0.385. The molecular formula is C22H27N3O7S. The van der Waals surface area contributed by atoms with Crippen LogP contribution in [0, 0.1) is 17.3 Å². The number of β-lactam (4-membered cyclic amide) rings is 1. The minimum absolute atomic E-state index is 0.0872. The monoisotopic (exact) mass is 477 g/mol. The van der Waals surface area contributed by atoms with Crippen LogP contribution in [0.5, 0.6) is 0 Å². The molecule has 1 saturated heterocycles. The van der Waals surface area contributed by atoms with Crippen LogP contribution in [-0.4, -0.2) is 61.3 Å². The smallest absolute Gasteiger partial charge is 0.358 e. The molecule has 33 heavy (non-hydrogen) atoms. The van der Waals surface area contributed by atoms with Crippen molar-refractivity contribution in [2.75, 3.05) is 6.79 Å². The standard InChI is InChI=1S/C22H27N3O7S/c1-10-14(13-6-24-8-23-12(7-26)19(24)33-13)17(25-16(10)15(11(2)27)18(25)28)20(29)31-9-32-21(30)22(3,4)5/h6,8,10-11,15-16,26-27H,7,9H2,1-5H3/t10-,11+,15+,16+/m0/s1. The van der Waals surface area contributed by atoms with Crippen LogP contribution < -0.4 is 0 Å². The maximum absolute atomic E-state index is 13.1. The van der Waals surface area contributed by atoms with E-state index in [9.17, 15) is 24.6 Å². The third-order valence-electron chi connectivity index (χ3n) is 6.06. The number of ether oxygens (including phenoxy) is 2. The Labute approximate surface area is 194 Å². The van der Waals surface area contributed by atoms with Gasteiger partial charge < -0.3 is 24.6 Å². The number of esters is 2. The Bertz CT molecular complexity index is 1160. The maximum Gasteiger partial charge on any atom is 0.358 e. The van der Waals surface area contributed by atoms with Gasteiger partial charge in [0.2, 0.25) is 12.7 Å². The SMILES string of the molecule is C[C@@H](O)[C@H]1C(=O)N2C(C(=O)OCOC(=O)C(C)(C)C)=C(c3cn4cnc(CO)c4s3)[C@H](C)[C@H]12. The molecule has 4 rings (SSSR count). The molecular weight excluding hydrogens is 450 g/mol. The van der Waals surface area contributed by atoms with Crippen molar-refractivity contribution < 1.29 is 34.1 Å². The number of carbonyl (C=O) groups is 3. The Morgan fingerprint density at radius 3 is 2.61 bits per heavy atom. The zero-order valence-electron chi connectivity index (χ0n) is 19.1. The zero-order valence-corrected chi connectivity index (χ0v) is 19.9. The number of nitrogens with zero attached hydrogens (tertiary/aromatic N) is 3. The molecule has 10 nitrogen and oxygen atoms in total. The van der Waals surface area contributed by atoms with E-state index in [4.69, 9.17) is 9.47 Å². The van der Waals surface area contributed by atoms with Crippen molar-refractivity contribution in [1.29, 1.82) is 0 Å². The van der Waals surface area contributed by atoms with Crippen LogP contribution in [-0.2, 0) is 30.5 Å². The quantitative estimate of drug-likeness (QED) is 0.364. The molecule has 0 aliphatic carbocycles. The number of fused-ring (bicyclic) bond motifs is 2. The van der Waals surface area contributed by atoms with Gasteiger partial charge in [0.1, 0.15) is 22.5 Å². The van der Waals surface area contributed by atoms with E-state index in [1.54, 1.807) is 44.6 Å².